The predicted molar refractivity (Wildman–Crippen MR) is 84.2 cm³/mol. The molecule has 0 saturated carbocycles. The van der Waals surface area contributed by atoms with Crippen LogP contribution in [0.4, 0.5) is 0 Å². The van der Waals surface area contributed by atoms with Gasteiger partial charge in [0, 0.05) is 7.11 Å². The minimum Gasteiger partial charge on any atom is -0.468 e. The smallest absolute Gasteiger partial charge is 0.337 e. The van der Waals surface area contributed by atoms with E-state index < -0.39 is 0 Å². The van der Waals surface area contributed by atoms with Crippen LogP contribution in [0.2, 0.25) is 0 Å². The van der Waals surface area contributed by atoms with Crippen molar-refractivity contribution < 1.29 is 23.7 Å². The summed E-state index contributed by atoms with van der Waals surface area (Å²) in [5, 5.41) is 0. The highest BCUT2D eigenvalue weighted by Gasteiger charge is 2.18. The summed E-state index contributed by atoms with van der Waals surface area (Å²) in [4.78, 5) is 11.8. The molecule has 5 nitrogen and oxygen atoms in total. The Hall–Kier alpha value is -2.37. The lowest BCUT2D eigenvalue weighted by Gasteiger charge is -2.12. The molecule has 2 aromatic carbocycles. The Morgan fingerprint density at radius 3 is 2.65 bits per heavy atom. The van der Waals surface area contributed by atoms with Gasteiger partial charge in [0.05, 0.1) is 25.9 Å². The first-order chi connectivity index (χ1) is 11.2. The maximum Gasteiger partial charge on any atom is 0.337 e. The zero-order chi connectivity index (χ0) is 16.2. The number of hydrogen-bond donors (Lipinski definition) is 0. The van der Waals surface area contributed by atoms with Crippen LogP contribution >= 0.6 is 0 Å². The van der Waals surface area contributed by atoms with Crippen molar-refractivity contribution in [1.29, 1.82) is 0 Å². The van der Waals surface area contributed by atoms with E-state index in [4.69, 9.17) is 18.9 Å². The van der Waals surface area contributed by atoms with Crippen molar-refractivity contribution in [3.05, 3.63) is 53.1 Å². The summed E-state index contributed by atoms with van der Waals surface area (Å²) in [6.07, 6.45) is 0. The lowest BCUT2D eigenvalue weighted by molar-refractivity contribution is 0.0508. The van der Waals surface area contributed by atoms with E-state index in [9.17, 15) is 4.79 Å². The number of ether oxygens (including phenoxy) is 4. The fraction of sp³-hybridized carbons (Fsp3) is 0.278. The molecule has 1 heterocycles. The van der Waals surface area contributed by atoms with Crippen molar-refractivity contribution in [1.82, 2.24) is 0 Å². The Kier molecular flexibility index (Phi) is 4.60. The van der Waals surface area contributed by atoms with E-state index in [0.717, 1.165) is 28.0 Å². The van der Waals surface area contributed by atoms with Crippen molar-refractivity contribution in [2.75, 3.05) is 21.0 Å². The molecule has 2 aromatic rings. The molecule has 0 amide bonds. The Morgan fingerprint density at radius 2 is 1.87 bits per heavy atom. The molecule has 0 unspecified atom stereocenters. The van der Waals surface area contributed by atoms with E-state index in [2.05, 4.69) is 0 Å². The van der Waals surface area contributed by atoms with Crippen LogP contribution in [0, 0.1) is 0 Å². The second-order valence-electron chi connectivity index (χ2n) is 5.23. The monoisotopic (exact) mass is 314 g/mol. The number of rotatable bonds is 4. The van der Waals surface area contributed by atoms with Gasteiger partial charge >= 0.3 is 5.97 Å². The molecule has 0 spiro atoms. The molecule has 0 aromatic heterocycles. The Morgan fingerprint density at radius 1 is 1.04 bits per heavy atom. The van der Waals surface area contributed by atoms with Crippen molar-refractivity contribution in [2.24, 2.45) is 0 Å². The summed E-state index contributed by atoms with van der Waals surface area (Å²) in [5.74, 6) is 0.376. The van der Waals surface area contributed by atoms with Crippen molar-refractivity contribution in [3.63, 3.8) is 0 Å². The molecule has 0 saturated heterocycles. The standard InChI is InChI=1S/C18H18O5/c1-20-11-23-15-5-6-16-14(7-15)10-22-9-13-4-3-12(8-17(13)16)18(19)21-2/h3-8H,9-11H2,1-2H3. The van der Waals surface area contributed by atoms with Gasteiger partial charge in [-0.05, 0) is 46.5 Å². The maximum absolute atomic E-state index is 11.8. The number of carbonyl (C=O) groups is 1. The third-order valence-electron chi connectivity index (χ3n) is 3.76. The second-order valence-corrected chi connectivity index (χ2v) is 5.23. The highest BCUT2D eigenvalue weighted by atomic mass is 16.7. The summed E-state index contributed by atoms with van der Waals surface area (Å²) in [6.45, 7) is 1.18. The molecule has 0 aliphatic carbocycles. The molecule has 0 bridgehead atoms. The van der Waals surface area contributed by atoms with Crippen LogP contribution in [-0.4, -0.2) is 27.0 Å². The summed E-state index contributed by atoms with van der Waals surface area (Å²) in [7, 11) is 2.96. The first-order valence-electron chi connectivity index (χ1n) is 7.27. The molecule has 5 heteroatoms. The Bertz CT molecular complexity index is 723. The fourth-order valence-corrected chi connectivity index (χ4v) is 2.64. The molecular formula is C18H18O5. The average Bonchev–Trinajstić information content (AvgIpc) is 2.77. The highest BCUT2D eigenvalue weighted by Crippen LogP contribution is 2.34. The molecule has 1 aliphatic heterocycles. The summed E-state index contributed by atoms with van der Waals surface area (Å²) in [5.41, 5.74) is 4.60. The molecule has 23 heavy (non-hydrogen) atoms. The van der Waals surface area contributed by atoms with Gasteiger partial charge in [0.25, 0.3) is 0 Å². The normalized spacial score (nSPS) is 12.8. The van der Waals surface area contributed by atoms with Crippen LogP contribution in [0.1, 0.15) is 21.5 Å². The van der Waals surface area contributed by atoms with E-state index in [1.165, 1.54) is 7.11 Å². The number of carbonyl (C=O) groups excluding carboxylic acids is 1. The van der Waals surface area contributed by atoms with Gasteiger partial charge in [-0.15, -0.1) is 0 Å². The summed E-state index contributed by atoms with van der Waals surface area (Å²) >= 11 is 0. The van der Waals surface area contributed by atoms with Crippen molar-refractivity contribution in [3.8, 4) is 16.9 Å². The molecule has 3 rings (SSSR count). The number of esters is 1. The molecule has 1 aliphatic rings. The topological polar surface area (TPSA) is 54.0 Å². The molecular weight excluding hydrogens is 296 g/mol. The van der Waals surface area contributed by atoms with Gasteiger partial charge in [-0.3, -0.25) is 0 Å². The van der Waals surface area contributed by atoms with Gasteiger partial charge in [0.2, 0.25) is 0 Å². The van der Waals surface area contributed by atoms with Gasteiger partial charge in [0.15, 0.2) is 6.79 Å². The van der Waals surface area contributed by atoms with Gasteiger partial charge in [0.1, 0.15) is 5.75 Å². The van der Waals surface area contributed by atoms with Gasteiger partial charge < -0.3 is 18.9 Å². The molecule has 0 N–H and O–H groups in total. The quantitative estimate of drug-likeness (QED) is 0.641. The zero-order valence-electron chi connectivity index (χ0n) is 13.1. The molecule has 120 valence electrons. The largest absolute Gasteiger partial charge is 0.468 e. The number of methoxy groups -OCH3 is 2. The molecule has 0 fully saturated rings. The summed E-state index contributed by atoms with van der Waals surface area (Å²) < 4.78 is 20.9. The first-order valence-corrected chi connectivity index (χ1v) is 7.27. The van der Waals surface area contributed by atoms with Crippen LogP contribution in [0.5, 0.6) is 5.75 Å². The minimum atomic E-state index is -0.348. The minimum absolute atomic E-state index is 0.197. The zero-order valence-corrected chi connectivity index (χ0v) is 13.1. The lowest BCUT2D eigenvalue weighted by atomic mass is 9.94. The Balaban J connectivity index is 2.03. The molecule has 0 radical (unpaired) electrons. The van der Waals surface area contributed by atoms with Gasteiger partial charge in [-0.25, -0.2) is 4.79 Å². The average molecular weight is 314 g/mol. The van der Waals surface area contributed by atoms with E-state index in [-0.39, 0.29) is 12.8 Å². The van der Waals surface area contributed by atoms with Gasteiger partial charge in [-0.2, -0.15) is 0 Å². The first kappa shape index (κ1) is 15.5. The summed E-state index contributed by atoms with van der Waals surface area (Å²) in [6, 6.07) is 11.3. The van der Waals surface area contributed by atoms with Crippen LogP contribution in [-0.2, 0) is 27.4 Å². The van der Waals surface area contributed by atoms with Gasteiger partial charge in [-0.1, -0.05) is 12.1 Å². The van der Waals surface area contributed by atoms with E-state index >= 15 is 0 Å². The third kappa shape index (κ3) is 3.21. The van der Waals surface area contributed by atoms with E-state index in [1.807, 2.05) is 30.3 Å². The maximum atomic E-state index is 11.8. The predicted octanol–water partition coefficient (Wildman–Crippen LogP) is 3.15. The fourth-order valence-electron chi connectivity index (χ4n) is 2.64. The Labute approximate surface area is 134 Å². The van der Waals surface area contributed by atoms with E-state index in [0.29, 0.717) is 18.8 Å². The third-order valence-corrected chi connectivity index (χ3v) is 3.76. The van der Waals surface area contributed by atoms with Crippen LogP contribution in [0.15, 0.2) is 36.4 Å². The molecule has 0 atom stereocenters. The number of fused-ring (bicyclic) bond motifs is 3. The SMILES string of the molecule is COCOc1ccc2c(c1)COCc1ccc(C(=O)OC)cc1-2. The van der Waals surface area contributed by atoms with Crippen LogP contribution in [0.3, 0.4) is 0 Å². The lowest BCUT2D eigenvalue weighted by Crippen LogP contribution is -2.02. The van der Waals surface area contributed by atoms with Crippen LogP contribution in [0.25, 0.3) is 11.1 Å². The highest BCUT2D eigenvalue weighted by molar-refractivity contribution is 5.91. The number of benzene rings is 2. The van der Waals surface area contributed by atoms with Crippen molar-refractivity contribution >= 4 is 5.97 Å². The second kappa shape index (κ2) is 6.81. The van der Waals surface area contributed by atoms with E-state index in [1.54, 1.807) is 13.2 Å². The van der Waals surface area contributed by atoms with Crippen LogP contribution < -0.4 is 4.74 Å². The number of hydrogen-bond acceptors (Lipinski definition) is 5. The van der Waals surface area contributed by atoms with Crippen molar-refractivity contribution in [2.45, 2.75) is 13.2 Å².